The minimum atomic E-state index is -4.22. The number of nitrogens with one attached hydrogen (secondary N) is 1. The van der Waals surface area contributed by atoms with Crippen molar-refractivity contribution in [2.24, 2.45) is 0 Å². The average Bonchev–Trinajstić information content (AvgIpc) is 2.21. The van der Waals surface area contributed by atoms with Crippen LogP contribution in [-0.4, -0.2) is 18.9 Å². The van der Waals surface area contributed by atoms with Crippen molar-refractivity contribution in [2.45, 2.75) is 12.3 Å². The Morgan fingerprint density at radius 1 is 1.35 bits per heavy atom. The van der Waals surface area contributed by atoms with Crippen molar-refractivity contribution in [2.75, 3.05) is 17.6 Å². The molecule has 0 fully saturated rings. The van der Waals surface area contributed by atoms with E-state index in [1.807, 2.05) is 5.32 Å². The lowest BCUT2D eigenvalue weighted by atomic mass is 10.2. The Hall–Kier alpha value is -1.24. The zero-order valence-electron chi connectivity index (χ0n) is 8.28. The van der Waals surface area contributed by atoms with E-state index in [2.05, 4.69) is 0 Å². The summed E-state index contributed by atoms with van der Waals surface area (Å²) in [5.41, 5.74) is 5.02. The Morgan fingerprint density at radius 3 is 2.47 bits per heavy atom. The van der Waals surface area contributed by atoms with Crippen molar-refractivity contribution < 1.29 is 22.0 Å². The van der Waals surface area contributed by atoms with Crippen LogP contribution in [-0.2, 0) is 0 Å². The van der Waals surface area contributed by atoms with Gasteiger partial charge in [0.05, 0.1) is 22.9 Å². The van der Waals surface area contributed by atoms with E-state index in [9.17, 15) is 22.0 Å². The summed E-state index contributed by atoms with van der Waals surface area (Å²) in [6.45, 7) is -1.35. The summed E-state index contributed by atoms with van der Waals surface area (Å²) in [5.74, 6) is -5.11. The van der Waals surface area contributed by atoms with Gasteiger partial charge >= 0.3 is 12.3 Å². The van der Waals surface area contributed by atoms with Gasteiger partial charge in [-0.05, 0) is 6.07 Å². The summed E-state index contributed by atoms with van der Waals surface area (Å²) in [6.07, 6.45) is -3.81. The second-order valence-electron chi connectivity index (χ2n) is 3.27. The van der Waals surface area contributed by atoms with Gasteiger partial charge in [0, 0.05) is 6.07 Å². The first-order valence-corrected chi connectivity index (χ1v) is 4.76. The number of halogens is 6. The molecule has 0 saturated carbocycles. The van der Waals surface area contributed by atoms with Gasteiger partial charge in [-0.15, -0.1) is 0 Å². The fourth-order valence-electron chi connectivity index (χ4n) is 1.01. The molecular weight excluding hydrogens is 267 g/mol. The minimum absolute atomic E-state index is 0.110. The number of benzene rings is 1. The van der Waals surface area contributed by atoms with Crippen LogP contribution in [0.4, 0.5) is 33.3 Å². The molecule has 0 amide bonds. The highest BCUT2D eigenvalue weighted by Crippen LogP contribution is 2.28. The van der Waals surface area contributed by atoms with E-state index < -0.39 is 24.7 Å². The lowest BCUT2D eigenvalue weighted by Gasteiger charge is -2.17. The first-order valence-electron chi connectivity index (χ1n) is 4.38. The van der Waals surface area contributed by atoms with Crippen LogP contribution < -0.4 is 11.1 Å². The summed E-state index contributed by atoms with van der Waals surface area (Å²) in [5, 5.41) is 1.67. The topological polar surface area (TPSA) is 38.0 Å². The third-order valence-corrected chi connectivity index (χ3v) is 2.22. The van der Waals surface area contributed by atoms with E-state index in [1.54, 1.807) is 0 Å². The fraction of sp³-hybridized carbons (Fsp3) is 0.333. The molecule has 0 atom stereocenters. The molecule has 1 aromatic rings. The van der Waals surface area contributed by atoms with Crippen molar-refractivity contribution in [1.29, 1.82) is 0 Å². The number of alkyl halides is 4. The second-order valence-corrected chi connectivity index (χ2v) is 3.68. The van der Waals surface area contributed by atoms with Crippen LogP contribution in [0.25, 0.3) is 0 Å². The molecule has 0 aliphatic heterocycles. The number of nitrogen functional groups attached to an aromatic ring is 1. The first kappa shape index (κ1) is 13.8. The van der Waals surface area contributed by atoms with Gasteiger partial charge in [0.2, 0.25) is 0 Å². The highest BCUT2D eigenvalue weighted by molar-refractivity contribution is 6.31. The van der Waals surface area contributed by atoms with Crippen molar-refractivity contribution in [3.8, 4) is 0 Å². The van der Waals surface area contributed by atoms with Gasteiger partial charge in [-0.1, -0.05) is 11.6 Å². The molecule has 0 spiro atoms. The third-order valence-electron chi connectivity index (χ3n) is 1.93. The lowest BCUT2D eigenvalue weighted by Crippen LogP contribution is -2.35. The van der Waals surface area contributed by atoms with E-state index in [0.29, 0.717) is 0 Å². The quantitative estimate of drug-likeness (QED) is 0.652. The Labute approximate surface area is 98.5 Å². The molecule has 0 aliphatic rings. The van der Waals surface area contributed by atoms with Crippen LogP contribution in [0.2, 0.25) is 5.02 Å². The third kappa shape index (κ3) is 3.36. The first-order chi connectivity index (χ1) is 7.74. The predicted molar refractivity (Wildman–Crippen MR) is 55.3 cm³/mol. The van der Waals surface area contributed by atoms with Crippen LogP contribution in [0.1, 0.15) is 0 Å². The predicted octanol–water partition coefficient (Wildman–Crippen LogP) is 3.37. The standard InChI is InChI=1S/C9H8ClF5N2/c10-4-1-6(16)7(2-5(4)11)17-3-9(14,15)8(12)13/h1-2,8,17H,3,16H2. The molecule has 3 N–H and O–H groups in total. The van der Waals surface area contributed by atoms with Gasteiger partial charge in [-0.3, -0.25) is 0 Å². The Morgan fingerprint density at radius 2 is 1.94 bits per heavy atom. The highest BCUT2D eigenvalue weighted by atomic mass is 35.5. The summed E-state index contributed by atoms with van der Waals surface area (Å²) in [6, 6.07) is 1.76. The normalized spacial score (nSPS) is 11.9. The van der Waals surface area contributed by atoms with Gasteiger partial charge in [-0.2, -0.15) is 8.78 Å². The van der Waals surface area contributed by atoms with E-state index in [4.69, 9.17) is 17.3 Å². The Bertz CT molecular complexity index is 411. The zero-order chi connectivity index (χ0) is 13.2. The Kier molecular flexibility index (Phi) is 4.03. The molecule has 0 aromatic heterocycles. The van der Waals surface area contributed by atoms with Crippen LogP contribution in [0.15, 0.2) is 12.1 Å². The maximum absolute atomic E-state index is 13.0. The van der Waals surface area contributed by atoms with E-state index in [0.717, 1.165) is 12.1 Å². The van der Waals surface area contributed by atoms with Crippen LogP contribution in [0.5, 0.6) is 0 Å². The molecule has 1 aromatic carbocycles. The SMILES string of the molecule is Nc1cc(Cl)c(F)cc1NCC(F)(F)C(F)F. The Balaban J connectivity index is 2.80. The number of hydrogen-bond acceptors (Lipinski definition) is 2. The molecular formula is C9H8ClF5N2. The lowest BCUT2D eigenvalue weighted by molar-refractivity contribution is -0.117. The van der Waals surface area contributed by atoms with Gasteiger partial charge in [-0.25, -0.2) is 13.2 Å². The van der Waals surface area contributed by atoms with Crippen molar-refractivity contribution in [1.82, 2.24) is 0 Å². The van der Waals surface area contributed by atoms with E-state index in [1.165, 1.54) is 0 Å². The molecule has 0 bridgehead atoms. The van der Waals surface area contributed by atoms with Crippen molar-refractivity contribution in [3.05, 3.63) is 23.0 Å². The van der Waals surface area contributed by atoms with Gasteiger partial charge in [0.15, 0.2) is 0 Å². The summed E-state index contributed by atoms with van der Waals surface area (Å²) >= 11 is 5.38. The number of anilines is 2. The number of hydrogen-bond donors (Lipinski definition) is 2. The average molecular weight is 275 g/mol. The zero-order valence-corrected chi connectivity index (χ0v) is 9.04. The molecule has 0 heterocycles. The van der Waals surface area contributed by atoms with Crippen molar-refractivity contribution >= 4 is 23.0 Å². The molecule has 1 rings (SSSR count). The monoisotopic (exact) mass is 274 g/mol. The molecule has 0 radical (unpaired) electrons. The smallest absolute Gasteiger partial charge is 0.324 e. The van der Waals surface area contributed by atoms with Crippen LogP contribution >= 0.6 is 11.6 Å². The molecule has 17 heavy (non-hydrogen) atoms. The van der Waals surface area contributed by atoms with Gasteiger partial charge in [0.1, 0.15) is 5.82 Å². The van der Waals surface area contributed by atoms with Crippen molar-refractivity contribution in [3.63, 3.8) is 0 Å². The number of rotatable bonds is 4. The van der Waals surface area contributed by atoms with E-state index in [-0.39, 0.29) is 16.4 Å². The molecule has 8 heteroatoms. The largest absolute Gasteiger partial charge is 0.397 e. The summed E-state index contributed by atoms with van der Waals surface area (Å²) in [7, 11) is 0. The van der Waals surface area contributed by atoms with Crippen LogP contribution in [0.3, 0.4) is 0 Å². The molecule has 0 aliphatic carbocycles. The summed E-state index contributed by atoms with van der Waals surface area (Å²) in [4.78, 5) is 0. The highest BCUT2D eigenvalue weighted by Gasteiger charge is 2.40. The number of nitrogens with two attached hydrogens (primary N) is 1. The maximum Gasteiger partial charge on any atom is 0.324 e. The molecule has 0 saturated heterocycles. The minimum Gasteiger partial charge on any atom is -0.397 e. The fourth-order valence-corrected chi connectivity index (χ4v) is 1.18. The van der Waals surface area contributed by atoms with E-state index >= 15 is 0 Å². The second kappa shape index (κ2) is 4.95. The molecule has 2 nitrogen and oxygen atoms in total. The maximum atomic E-state index is 13.0. The molecule has 96 valence electrons. The molecule has 0 unspecified atom stereocenters. The summed E-state index contributed by atoms with van der Waals surface area (Å²) < 4.78 is 61.8. The van der Waals surface area contributed by atoms with Crippen LogP contribution in [0, 0.1) is 5.82 Å². The van der Waals surface area contributed by atoms with Gasteiger partial charge in [0.25, 0.3) is 0 Å². The van der Waals surface area contributed by atoms with Gasteiger partial charge < -0.3 is 11.1 Å².